The van der Waals surface area contributed by atoms with Gasteiger partial charge in [0, 0.05) is 22.8 Å². The second-order valence-electron chi connectivity index (χ2n) is 5.41. The molecule has 22 heavy (non-hydrogen) atoms. The molecule has 1 heterocycles. The molecule has 0 fully saturated rings. The van der Waals surface area contributed by atoms with Gasteiger partial charge >= 0.3 is 0 Å². The molecule has 0 aliphatic carbocycles. The molecule has 0 bridgehead atoms. The van der Waals surface area contributed by atoms with Crippen molar-refractivity contribution in [3.05, 3.63) is 100 Å². The largest absolute Gasteiger partial charge is 0.265 e. The van der Waals surface area contributed by atoms with E-state index in [-0.39, 0.29) is 0 Å². The zero-order valence-electron chi connectivity index (χ0n) is 12.3. The Morgan fingerprint density at radius 3 is 2.27 bits per heavy atom. The normalized spacial score (nSPS) is 12.0. The van der Waals surface area contributed by atoms with Gasteiger partial charge in [-0.25, -0.2) is 0 Å². The van der Waals surface area contributed by atoms with Crippen LogP contribution in [0.25, 0.3) is 0 Å². The van der Waals surface area contributed by atoms with E-state index in [1.807, 2.05) is 12.4 Å². The highest BCUT2D eigenvalue weighted by Crippen LogP contribution is 2.30. The van der Waals surface area contributed by atoms with Crippen molar-refractivity contribution in [2.45, 2.75) is 18.8 Å². The predicted octanol–water partition coefficient (Wildman–Crippen LogP) is 5.61. The lowest BCUT2D eigenvalue weighted by Gasteiger charge is -2.18. The molecule has 0 aliphatic heterocycles. The van der Waals surface area contributed by atoms with Crippen molar-refractivity contribution in [1.82, 2.24) is 4.98 Å². The standard InChI is InChI=1S/C20H18BrN/c21-19-8-4-7-18(15-19)20(17-5-2-1-3-6-17)10-9-16-11-13-22-14-12-16/h1-8,11-15,20H,9-10H2. The monoisotopic (exact) mass is 351 g/mol. The van der Waals surface area contributed by atoms with E-state index in [4.69, 9.17) is 0 Å². The van der Waals surface area contributed by atoms with E-state index < -0.39 is 0 Å². The summed E-state index contributed by atoms with van der Waals surface area (Å²) in [7, 11) is 0. The zero-order chi connectivity index (χ0) is 15.2. The second kappa shape index (κ2) is 7.37. The molecular weight excluding hydrogens is 334 g/mol. The van der Waals surface area contributed by atoms with E-state index in [1.54, 1.807) is 0 Å². The van der Waals surface area contributed by atoms with Crippen LogP contribution in [0.1, 0.15) is 29.0 Å². The minimum absolute atomic E-state index is 0.409. The molecule has 0 N–H and O–H groups in total. The molecule has 1 atom stereocenters. The van der Waals surface area contributed by atoms with Gasteiger partial charge in [-0.3, -0.25) is 4.98 Å². The minimum atomic E-state index is 0.409. The van der Waals surface area contributed by atoms with Gasteiger partial charge in [0.15, 0.2) is 0 Å². The van der Waals surface area contributed by atoms with Gasteiger partial charge < -0.3 is 0 Å². The molecule has 0 spiro atoms. The SMILES string of the molecule is Brc1cccc(C(CCc2ccncc2)c2ccccc2)c1. The van der Waals surface area contributed by atoms with Gasteiger partial charge in [0.25, 0.3) is 0 Å². The average Bonchev–Trinajstić information content (AvgIpc) is 2.57. The zero-order valence-corrected chi connectivity index (χ0v) is 13.9. The van der Waals surface area contributed by atoms with Gasteiger partial charge in [-0.1, -0.05) is 58.4 Å². The molecule has 1 aromatic heterocycles. The van der Waals surface area contributed by atoms with Crippen LogP contribution in [-0.2, 0) is 6.42 Å². The van der Waals surface area contributed by atoms with Crippen LogP contribution in [0.5, 0.6) is 0 Å². The molecule has 3 rings (SSSR count). The van der Waals surface area contributed by atoms with Crippen LogP contribution in [-0.4, -0.2) is 4.98 Å². The number of benzene rings is 2. The Bertz CT molecular complexity index is 710. The van der Waals surface area contributed by atoms with E-state index in [0.717, 1.165) is 17.3 Å². The summed E-state index contributed by atoms with van der Waals surface area (Å²) >= 11 is 3.59. The highest BCUT2D eigenvalue weighted by Gasteiger charge is 2.14. The van der Waals surface area contributed by atoms with Crippen LogP contribution in [0.15, 0.2) is 83.6 Å². The second-order valence-corrected chi connectivity index (χ2v) is 6.33. The molecule has 1 unspecified atom stereocenters. The summed E-state index contributed by atoms with van der Waals surface area (Å²) in [4.78, 5) is 4.09. The molecule has 110 valence electrons. The number of aromatic nitrogens is 1. The number of hydrogen-bond acceptors (Lipinski definition) is 1. The Morgan fingerprint density at radius 1 is 0.818 bits per heavy atom. The first kappa shape index (κ1) is 15.0. The van der Waals surface area contributed by atoms with Gasteiger partial charge in [-0.05, 0) is 53.8 Å². The molecule has 1 nitrogen and oxygen atoms in total. The van der Waals surface area contributed by atoms with Crippen molar-refractivity contribution in [1.29, 1.82) is 0 Å². The first-order valence-corrected chi connectivity index (χ1v) is 8.31. The lowest BCUT2D eigenvalue weighted by Crippen LogP contribution is -2.03. The van der Waals surface area contributed by atoms with Crippen LogP contribution in [0.3, 0.4) is 0 Å². The number of hydrogen-bond donors (Lipinski definition) is 0. The van der Waals surface area contributed by atoms with Crippen molar-refractivity contribution in [3.8, 4) is 0 Å². The molecule has 0 amide bonds. The van der Waals surface area contributed by atoms with Gasteiger partial charge in [0.05, 0.1) is 0 Å². The molecule has 0 saturated carbocycles. The number of rotatable bonds is 5. The molecule has 0 radical (unpaired) electrons. The van der Waals surface area contributed by atoms with Crippen LogP contribution in [0, 0.1) is 0 Å². The van der Waals surface area contributed by atoms with Crippen molar-refractivity contribution in [2.24, 2.45) is 0 Å². The van der Waals surface area contributed by atoms with Crippen LogP contribution < -0.4 is 0 Å². The van der Waals surface area contributed by atoms with Gasteiger partial charge in [-0.2, -0.15) is 0 Å². The first-order chi connectivity index (χ1) is 10.8. The van der Waals surface area contributed by atoms with Crippen molar-refractivity contribution in [3.63, 3.8) is 0 Å². The maximum Gasteiger partial charge on any atom is 0.0270 e. The Balaban J connectivity index is 1.86. The topological polar surface area (TPSA) is 12.9 Å². The van der Waals surface area contributed by atoms with Crippen LogP contribution in [0.2, 0.25) is 0 Å². The number of nitrogens with zero attached hydrogens (tertiary/aromatic N) is 1. The quantitative estimate of drug-likeness (QED) is 0.582. The fraction of sp³-hybridized carbons (Fsp3) is 0.150. The molecule has 3 aromatic rings. The van der Waals surface area contributed by atoms with Gasteiger partial charge in [-0.15, -0.1) is 0 Å². The van der Waals surface area contributed by atoms with Crippen LogP contribution in [0.4, 0.5) is 0 Å². The van der Waals surface area contributed by atoms with Crippen LogP contribution >= 0.6 is 15.9 Å². The summed E-state index contributed by atoms with van der Waals surface area (Å²) in [6.45, 7) is 0. The summed E-state index contributed by atoms with van der Waals surface area (Å²) in [5.74, 6) is 0.409. The summed E-state index contributed by atoms with van der Waals surface area (Å²) in [6, 6.07) is 23.6. The Labute approximate surface area is 140 Å². The van der Waals surface area contributed by atoms with Crippen molar-refractivity contribution >= 4 is 15.9 Å². The van der Waals surface area contributed by atoms with E-state index in [9.17, 15) is 0 Å². The number of pyridine rings is 1. The van der Waals surface area contributed by atoms with Crippen molar-refractivity contribution in [2.75, 3.05) is 0 Å². The van der Waals surface area contributed by atoms with Gasteiger partial charge in [0.2, 0.25) is 0 Å². The van der Waals surface area contributed by atoms with E-state index >= 15 is 0 Å². The fourth-order valence-corrected chi connectivity index (χ4v) is 3.21. The highest BCUT2D eigenvalue weighted by molar-refractivity contribution is 9.10. The molecule has 2 heteroatoms. The summed E-state index contributed by atoms with van der Waals surface area (Å²) in [5.41, 5.74) is 4.07. The van der Waals surface area contributed by atoms with Crippen molar-refractivity contribution < 1.29 is 0 Å². The average molecular weight is 352 g/mol. The third-order valence-corrected chi connectivity index (χ3v) is 4.42. The molecule has 2 aromatic carbocycles. The Kier molecular flexibility index (Phi) is 5.02. The van der Waals surface area contributed by atoms with Gasteiger partial charge in [0.1, 0.15) is 0 Å². The Hall–Kier alpha value is -1.93. The fourth-order valence-electron chi connectivity index (χ4n) is 2.79. The summed E-state index contributed by atoms with van der Waals surface area (Å²) in [6.07, 6.45) is 5.87. The highest BCUT2D eigenvalue weighted by atomic mass is 79.9. The van der Waals surface area contributed by atoms with E-state index in [2.05, 4.69) is 87.6 Å². The summed E-state index contributed by atoms with van der Waals surface area (Å²) in [5, 5.41) is 0. The number of aryl methyl sites for hydroxylation is 1. The molecule has 0 aliphatic rings. The maximum absolute atomic E-state index is 4.09. The molecule has 0 saturated heterocycles. The summed E-state index contributed by atoms with van der Waals surface area (Å²) < 4.78 is 1.13. The third kappa shape index (κ3) is 3.83. The minimum Gasteiger partial charge on any atom is -0.265 e. The molecular formula is C20H18BrN. The smallest absolute Gasteiger partial charge is 0.0270 e. The first-order valence-electron chi connectivity index (χ1n) is 7.52. The lowest BCUT2D eigenvalue weighted by molar-refractivity contribution is 0.714. The van der Waals surface area contributed by atoms with E-state index in [0.29, 0.717) is 5.92 Å². The Morgan fingerprint density at radius 2 is 1.55 bits per heavy atom. The predicted molar refractivity (Wildman–Crippen MR) is 95.0 cm³/mol. The third-order valence-electron chi connectivity index (χ3n) is 3.92. The maximum atomic E-state index is 4.09. The lowest BCUT2D eigenvalue weighted by atomic mass is 9.86. The van der Waals surface area contributed by atoms with E-state index in [1.165, 1.54) is 16.7 Å². The number of halogens is 1.